The molecule has 88 valence electrons. The summed E-state index contributed by atoms with van der Waals surface area (Å²) in [4.78, 5) is 11.2. The van der Waals surface area contributed by atoms with Crippen LogP contribution in [0, 0.1) is 22.2 Å². The Morgan fingerprint density at radius 1 is 1.31 bits per heavy atom. The molecule has 3 aliphatic carbocycles. The van der Waals surface area contributed by atoms with Gasteiger partial charge in [-0.3, -0.25) is 4.79 Å². The van der Waals surface area contributed by atoms with Gasteiger partial charge in [0, 0.05) is 0 Å². The van der Waals surface area contributed by atoms with Crippen LogP contribution in [0.2, 0.25) is 0 Å². The van der Waals surface area contributed by atoms with Crippen molar-refractivity contribution in [2.24, 2.45) is 22.2 Å². The number of hydrogen-bond donors (Lipinski definition) is 0. The summed E-state index contributed by atoms with van der Waals surface area (Å²) < 4.78 is 0. The topological polar surface area (TPSA) is 17.1 Å². The van der Waals surface area contributed by atoms with Crippen LogP contribution in [0.25, 0.3) is 0 Å². The highest BCUT2D eigenvalue weighted by Gasteiger charge is 2.67. The first-order chi connectivity index (χ1) is 7.47. The maximum Gasteiger partial charge on any atom is 0.146 e. The van der Waals surface area contributed by atoms with E-state index in [-0.39, 0.29) is 0 Å². The van der Waals surface area contributed by atoms with Crippen LogP contribution >= 0.6 is 0 Å². The summed E-state index contributed by atoms with van der Waals surface area (Å²) in [6.45, 7) is 7.38. The average Bonchev–Trinajstić information content (AvgIpc) is 2.63. The number of fused-ring (bicyclic) bond motifs is 5. The van der Waals surface area contributed by atoms with Crippen molar-refractivity contribution in [2.45, 2.75) is 52.9 Å². The fraction of sp³-hybridized carbons (Fsp3) is 0.800. The molecule has 1 unspecified atom stereocenters. The van der Waals surface area contributed by atoms with E-state index < -0.39 is 0 Å². The Morgan fingerprint density at radius 2 is 2.06 bits per heavy atom. The lowest BCUT2D eigenvalue weighted by atomic mass is 9.59. The van der Waals surface area contributed by atoms with Crippen LogP contribution in [0.15, 0.2) is 11.6 Å². The van der Waals surface area contributed by atoms with Crippen LogP contribution in [0.5, 0.6) is 0 Å². The number of allylic oxidation sites excluding steroid dienone is 2. The minimum Gasteiger partial charge on any atom is -0.298 e. The van der Waals surface area contributed by atoms with Crippen LogP contribution < -0.4 is 0 Å². The fourth-order valence-corrected chi connectivity index (χ4v) is 5.23. The Bertz CT molecular complexity index is 383. The molecule has 1 nitrogen and oxygen atoms in total. The van der Waals surface area contributed by atoms with Gasteiger partial charge < -0.3 is 0 Å². The number of carbonyl (C=O) groups excluding carboxylic acids is 1. The number of hydrogen-bond acceptors (Lipinski definition) is 1. The van der Waals surface area contributed by atoms with Gasteiger partial charge >= 0.3 is 0 Å². The molecule has 0 saturated heterocycles. The number of carbonyl (C=O) groups is 1. The van der Waals surface area contributed by atoms with Gasteiger partial charge in [0.05, 0.1) is 0 Å². The summed E-state index contributed by atoms with van der Waals surface area (Å²) >= 11 is 0. The summed E-state index contributed by atoms with van der Waals surface area (Å²) in [7, 11) is 0. The van der Waals surface area contributed by atoms with Gasteiger partial charge in [-0.05, 0) is 53.4 Å². The molecule has 4 atom stereocenters. The lowest BCUT2D eigenvalue weighted by Gasteiger charge is -2.45. The first kappa shape index (κ1) is 10.6. The van der Waals surface area contributed by atoms with Gasteiger partial charge in [0.1, 0.15) is 6.29 Å². The Hall–Kier alpha value is -0.590. The molecule has 16 heavy (non-hydrogen) atoms. The third-order valence-corrected chi connectivity index (χ3v) is 6.72. The van der Waals surface area contributed by atoms with E-state index in [1.807, 2.05) is 0 Å². The van der Waals surface area contributed by atoms with Crippen molar-refractivity contribution < 1.29 is 4.79 Å². The maximum atomic E-state index is 11.2. The van der Waals surface area contributed by atoms with Crippen molar-refractivity contribution in [3.63, 3.8) is 0 Å². The summed E-state index contributed by atoms with van der Waals surface area (Å²) in [5.74, 6) is 0.538. The molecule has 2 fully saturated rings. The summed E-state index contributed by atoms with van der Waals surface area (Å²) in [6.07, 6.45) is 9.74. The Kier molecular flexibility index (Phi) is 1.85. The van der Waals surface area contributed by atoms with Crippen molar-refractivity contribution >= 4 is 6.29 Å². The molecule has 0 spiro atoms. The molecule has 0 aromatic carbocycles. The molecule has 3 aliphatic rings. The minimum absolute atomic E-state index is 0.380. The van der Waals surface area contributed by atoms with E-state index in [0.717, 1.165) is 18.3 Å². The Morgan fingerprint density at radius 3 is 2.75 bits per heavy atom. The largest absolute Gasteiger partial charge is 0.298 e. The maximum absolute atomic E-state index is 11.2. The van der Waals surface area contributed by atoms with E-state index in [0.29, 0.717) is 22.2 Å². The molecule has 0 aromatic rings. The van der Waals surface area contributed by atoms with E-state index in [1.165, 1.54) is 25.7 Å². The predicted molar refractivity (Wildman–Crippen MR) is 65.0 cm³/mol. The van der Waals surface area contributed by atoms with Crippen molar-refractivity contribution in [2.75, 3.05) is 0 Å². The van der Waals surface area contributed by atoms with Gasteiger partial charge in [-0.25, -0.2) is 0 Å². The molecule has 3 rings (SSSR count). The highest BCUT2D eigenvalue weighted by molar-refractivity contribution is 5.75. The zero-order valence-electron chi connectivity index (χ0n) is 10.7. The quantitative estimate of drug-likeness (QED) is 0.613. The molecule has 0 aromatic heterocycles. The predicted octanol–water partition coefficient (Wildman–Crippen LogP) is 3.74. The average molecular weight is 218 g/mol. The molecular weight excluding hydrogens is 196 g/mol. The highest BCUT2D eigenvalue weighted by Crippen LogP contribution is 2.75. The summed E-state index contributed by atoms with van der Waals surface area (Å²) in [5, 5.41) is 0. The molecule has 0 N–H and O–H groups in total. The smallest absolute Gasteiger partial charge is 0.146 e. The Balaban J connectivity index is 2.16. The minimum atomic E-state index is 0.380. The molecule has 0 aliphatic heterocycles. The molecule has 0 amide bonds. The second-order valence-corrected chi connectivity index (χ2v) is 6.95. The number of rotatable bonds is 1. The molecule has 2 saturated carbocycles. The van der Waals surface area contributed by atoms with Gasteiger partial charge in [-0.1, -0.05) is 33.3 Å². The summed E-state index contributed by atoms with van der Waals surface area (Å²) in [5.41, 5.74) is 2.37. The van der Waals surface area contributed by atoms with Crippen LogP contribution in [-0.2, 0) is 4.79 Å². The zero-order valence-corrected chi connectivity index (χ0v) is 10.7. The first-order valence-electron chi connectivity index (χ1n) is 6.62. The molecule has 1 heteroatoms. The van der Waals surface area contributed by atoms with Crippen LogP contribution in [0.4, 0.5) is 0 Å². The van der Waals surface area contributed by atoms with Crippen LogP contribution in [-0.4, -0.2) is 6.29 Å². The third kappa shape index (κ3) is 0.881. The van der Waals surface area contributed by atoms with E-state index in [9.17, 15) is 4.79 Å². The fourth-order valence-electron chi connectivity index (χ4n) is 5.23. The normalized spacial score (nSPS) is 54.7. The highest BCUT2D eigenvalue weighted by atomic mass is 16.1. The van der Waals surface area contributed by atoms with Gasteiger partial charge in [-0.15, -0.1) is 0 Å². The molecule has 0 radical (unpaired) electrons. The molecule has 0 heterocycles. The zero-order chi connectivity index (χ0) is 11.6. The van der Waals surface area contributed by atoms with E-state index in [4.69, 9.17) is 0 Å². The van der Waals surface area contributed by atoms with Gasteiger partial charge in [0.2, 0.25) is 0 Å². The second-order valence-electron chi connectivity index (χ2n) is 6.95. The lowest BCUT2D eigenvalue weighted by Crippen LogP contribution is -2.38. The van der Waals surface area contributed by atoms with Crippen molar-refractivity contribution in [3.8, 4) is 0 Å². The first-order valence-corrected chi connectivity index (χ1v) is 6.62. The van der Waals surface area contributed by atoms with E-state index in [2.05, 4.69) is 26.8 Å². The third-order valence-electron chi connectivity index (χ3n) is 6.72. The standard InChI is InChI=1S/C15H22O/c1-13-8-5-11(10-16)12(9-13)14(2)6-4-7-15(13,14)3/h5,10,12H,4,6-9H2,1-3H3/t12?,13-,14+,15-/m1/s1. The molecule has 2 bridgehead atoms. The van der Waals surface area contributed by atoms with Crippen molar-refractivity contribution in [1.29, 1.82) is 0 Å². The van der Waals surface area contributed by atoms with E-state index in [1.54, 1.807) is 0 Å². The van der Waals surface area contributed by atoms with Gasteiger partial charge in [-0.2, -0.15) is 0 Å². The van der Waals surface area contributed by atoms with Crippen LogP contribution in [0.1, 0.15) is 52.9 Å². The van der Waals surface area contributed by atoms with Crippen molar-refractivity contribution in [1.82, 2.24) is 0 Å². The monoisotopic (exact) mass is 218 g/mol. The van der Waals surface area contributed by atoms with Gasteiger partial charge in [0.15, 0.2) is 0 Å². The summed E-state index contributed by atoms with van der Waals surface area (Å²) in [6, 6.07) is 0. The second kappa shape index (κ2) is 2.80. The Labute approximate surface area is 98.3 Å². The SMILES string of the molecule is C[C@@]12CC=C(C=O)C(C1)[C@]1(C)CCC[C@]21C. The van der Waals surface area contributed by atoms with Crippen molar-refractivity contribution in [3.05, 3.63) is 11.6 Å². The number of aldehydes is 1. The molecular formula is C15H22O. The van der Waals surface area contributed by atoms with Crippen LogP contribution in [0.3, 0.4) is 0 Å². The van der Waals surface area contributed by atoms with Gasteiger partial charge in [0.25, 0.3) is 0 Å². The lowest BCUT2D eigenvalue weighted by molar-refractivity contribution is -0.105. The van der Waals surface area contributed by atoms with E-state index >= 15 is 0 Å².